The molecule has 114 valence electrons. The third-order valence-electron chi connectivity index (χ3n) is 3.42. The van der Waals surface area contributed by atoms with Crippen LogP contribution in [0.2, 0.25) is 0 Å². The molecule has 0 aliphatic heterocycles. The maximum Gasteiger partial charge on any atom is 0.123 e. The summed E-state index contributed by atoms with van der Waals surface area (Å²) in [5.74, 6) is 1.52. The van der Waals surface area contributed by atoms with Gasteiger partial charge in [0.1, 0.15) is 12.4 Å². The predicted molar refractivity (Wildman–Crippen MR) is 91.5 cm³/mol. The molecule has 1 heterocycles. The molecule has 1 aromatic carbocycles. The summed E-state index contributed by atoms with van der Waals surface area (Å²) in [4.78, 5) is 2.75. The fraction of sp³-hybridized carbons (Fsp3) is 0.444. The number of aryl methyl sites for hydroxylation is 2. The monoisotopic (exact) mass is 303 g/mol. The van der Waals surface area contributed by atoms with Gasteiger partial charge in [0.2, 0.25) is 0 Å². The number of hydrogen-bond donors (Lipinski definition) is 1. The molecule has 0 saturated heterocycles. The fourth-order valence-electron chi connectivity index (χ4n) is 2.27. The zero-order valence-electron chi connectivity index (χ0n) is 13.4. The molecule has 0 bridgehead atoms. The molecule has 2 rings (SSSR count). The van der Waals surface area contributed by atoms with E-state index in [1.165, 1.54) is 20.9 Å². The lowest BCUT2D eigenvalue weighted by Crippen LogP contribution is -2.20. The van der Waals surface area contributed by atoms with Crippen LogP contribution in [0.3, 0.4) is 0 Å². The summed E-state index contributed by atoms with van der Waals surface area (Å²) >= 11 is 1.85. The van der Waals surface area contributed by atoms with Gasteiger partial charge in [-0.3, -0.25) is 0 Å². The second kappa shape index (κ2) is 7.62. The van der Waals surface area contributed by atoms with Gasteiger partial charge in [0.25, 0.3) is 0 Å². The summed E-state index contributed by atoms with van der Waals surface area (Å²) in [6.45, 7) is 11.1. The first-order valence-electron chi connectivity index (χ1n) is 7.55. The molecular formula is C18H25NOS. The van der Waals surface area contributed by atoms with E-state index in [0.29, 0.717) is 12.5 Å². The van der Waals surface area contributed by atoms with Crippen LogP contribution in [0.25, 0.3) is 0 Å². The first-order chi connectivity index (χ1) is 10.1. The summed E-state index contributed by atoms with van der Waals surface area (Å²) in [7, 11) is 0. The molecule has 0 unspecified atom stereocenters. The number of rotatable bonds is 7. The maximum atomic E-state index is 5.96. The maximum absolute atomic E-state index is 5.96. The van der Waals surface area contributed by atoms with Gasteiger partial charge in [-0.15, -0.1) is 11.3 Å². The van der Waals surface area contributed by atoms with E-state index in [1.54, 1.807) is 0 Å². The molecule has 0 radical (unpaired) electrons. The van der Waals surface area contributed by atoms with Gasteiger partial charge in [0.15, 0.2) is 0 Å². The van der Waals surface area contributed by atoms with E-state index in [0.717, 1.165) is 18.8 Å². The Morgan fingerprint density at radius 1 is 1.14 bits per heavy atom. The Kier molecular flexibility index (Phi) is 5.83. The molecule has 0 saturated carbocycles. The van der Waals surface area contributed by atoms with Gasteiger partial charge in [-0.05, 0) is 49.1 Å². The lowest BCUT2D eigenvalue weighted by molar-refractivity contribution is 0.309. The lowest BCUT2D eigenvalue weighted by Gasteiger charge is -2.15. The smallest absolute Gasteiger partial charge is 0.123 e. The highest BCUT2D eigenvalue weighted by Crippen LogP contribution is 2.27. The molecule has 1 aromatic heterocycles. The second-order valence-corrected chi connectivity index (χ2v) is 7.11. The van der Waals surface area contributed by atoms with Crippen LogP contribution in [-0.4, -0.2) is 13.2 Å². The minimum Gasteiger partial charge on any atom is -0.492 e. The Bertz CT molecular complexity index is 574. The Hall–Kier alpha value is -1.32. The number of benzene rings is 1. The van der Waals surface area contributed by atoms with Crippen LogP contribution in [0.4, 0.5) is 0 Å². The molecule has 0 amide bonds. The van der Waals surface area contributed by atoms with Gasteiger partial charge in [-0.1, -0.05) is 26.0 Å². The van der Waals surface area contributed by atoms with Crippen molar-refractivity contribution in [2.24, 2.45) is 0 Å². The molecule has 2 aromatic rings. The molecule has 21 heavy (non-hydrogen) atoms. The van der Waals surface area contributed by atoms with Crippen molar-refractivity contribution in [1.82, 2.24) is 5.32 Å². The van der Waals surface area contributed by atoms with Crippen molar-refractivity contribution < 1.29 is 4.74 Å². The van der Waals surface area contributed by atoms with Crippen LogP contribution in [-0.2, 0) is 6.54 Å². The Morgan fingerprint density at radius 3 is 2.62 bits per heavy atom. The lowest BCUT2D eigenvalue weighted by atomic mass is 10.0. The van der Waals surface area contributed by atoms with E-state index in [9.17, 15) is 0 Å². The number of nitrogens with one attached hydrogen (secondary N) is 1. The van der Waals surface area contributed by atoms with Crippen LogP contribution in [0.5, 0.6) is 5.75 Å². The highest BCUT2D eigenvalue weighted by Gasteiger charge is 2.07. The van der Waals surface area contributed by atoms with Gasteiger partial charge in [-0.2, -0.15) is 0 Å². The molecule has 0 fully saturated rings. The molecule has 0 aliphatic rings. The Balaban J connectivity index is 1.79. The first kappa shape index (κ1) is 16.1. The standard InChI is InChI=1S/C18H25NOS/c1-13(2)17-8-5-14(3)11-18(17)20-10-9-19-12-16-7-6-15(4)21-16/h5-8,11,13,19H,9-10,12H2,1-4H3. The van der Waals surface area contributed by atoms with E-state index in [-0.39, 0.29) is 0 Å². The first-order valence-corrected chi connectivity index (χ1v) is 8.37. The average Bonchev–Trinajstić information content (AvgIpc) is 2.84. The quantitative estimate of drug-likeness (QED) is 0.751. The van der Waals surface area contributed by atoms with Crippen LogP contribution >= 0.6 is 11.3 Å². The summed E-state index contributed by atoms with van der Waals surface area (Å²) < 4.78 is 5.96. The van der Waals surface area contributed by atoms with Crippen molar-refractivity contribution in [3.8, 4) is 5.75 Å². The third kappa shape index (κ3) is 4.87. The van der Waals surface area contributed by atoms with E-state index in [1.807, 2.05) is 11.3 Å². The summed E-state index contributed by atoms with van der Waals surface area (Å²) in [5.41, 5.74) is 2.53. The molecule has 1 N–H and O–H groups in total. The number of hydrogen-bond acceptors (Lipinski definition) is 3. The molecule has 2 nitrogen and oxygen atoms in total. The average molecular weight is 303 g/mol. The van der Waals surface area contributed by atoms with E-state index in [4.69, 9.17) is 4.74 Å². The fourth-order valence-corrected chi connectivity index (χ4v) is 3.13. The van der Waals surface area contributed by atoms with Gasteiger partial charge in [0.05, 0.1) is 0 Å². The van der Waals surface area contributed by atoms with Crippen molar-refractivity contribution in [3.63, 3.8) is 0 Å². The zero-order chi connectivity index (χ0) is 15.2. The minimum atomic E-state index is 0.489. The Morgan fingerprint density at radius 2 is 1.95 bits per heavy atom. The SMILES string of the molecule is Cc1ccc(C(C)C)c(OCCNCc2ccc(C)s2)c1. The van der Waals surface area contributed by atoms with Crippen molar-refractivity contribution >= 4 is 11.3 Å². The summed E-state index contributed by atoms with van der Waals surface area (Å²) in [6.07, 6.45) is 0. The van der Waals surface area contributed by atoms with Gasteiger partial charge in [-0.25, -0.2) is 0 Å². The van der Waals surface area contributed by atoms with Gasteiger partial charge in [0, 0.05) is 22.8 Å². The van der Waals surface area contributed by atoms with Crippen molar-refractivity contribution in [3.05, 3.63) is 51.2 Å². The number of thiophene rings is 1. The normalized spacial score (nSPS) is 11.1. The van der Waals surface area contributed by atoms with Crippen LogP contribution < -0.4 is 10.1 Å². The van der Waals surface area contributed by atoms with E-state index in [2.05, 4.69) is 63.3 Å². The van der Waals surface area contributed by atoms with Crippen molar-refractivity contribution in [2.75, 3.05) is 13.2 Å². The number of ether oxygens (including phenoxy) is 1. The van der Waals surface area contributed by atoms with Crippen molar-refractivity contribution in [2.45, 2.75) is 40.2 Å². The van der Waals surface area contributed by atoms with Crippen LogP contribution in [0, 0.1) is 13.8 Å². The van der Waals surface area contributed by atoms with Gasteiger partial charge < -0.3 is 10.1 Å². The zero-order valence-corrected chi connectivity index (χ0v) is 14.2. The summed E-state index contributed by atoms with van der Waals surface area (Å²) in [5, 5.41) is 3.43. The third-order valence-corrected chi connectivity index (χ3v) is 4.42. The van der Waals surface area contributed by atoms with Gasteiger partial charge >= 0.3 is 0 Å². The largest absolute Gasteiger partial charge is 0.492 e. The van der Waals surface area contributed by atoms with Crippen LogP contribution in [0.1, 0.15) is 40.6 Å². The highest BCUT2D eigenvalue weighted by molar-refractivity contribution is 7.11. The molecule has 3 heteroatoms. The molecule has 0 spiro atoms. The second-order valence-electron chi connectivity index (χ2n) is 5.73. The van der Waals surface area contributed by atoms with Crippen LogP contribution in [0.15, 0.2) is 30.3 Å². The minimum absolute atomic E-state index is 0.489. The Labute approximate surface area is 132 Å². The van der Waals surface area contributed by atoms with E-state index < -0.39 is 0 Å². The summed E-state index contributed by atoms with van der Waals surface area (Å²) in [6, 6.07) is 10.8. The topological polar surface area (TPSA) is 21.3 Å². The molecule has 0 aliphatic carbocycles. The van der Waals surface area contributed by atoms with E-state index >= 15 is 0 Å². The predicted octanol–water partition coefficient (Wildman–Crippen LogP) is 4.66. The van der Waals surface area contributed by atoms with Crippen molar-refractivity contribution in [1.29, 1.82) is 0 Å². The molecule has 0 atom stereocenters. The molecular weight excluding hydrogens is 278 g/mol. The highest BCUT2D eigenvalue weighted by atomic mass is 32.1.